The molecule has 2 aliphatic rings. The minimum Gasteiger partial charge on any atom is -0.370 e. The SMILES string of the molecule is c1csc(CN2CCOC3(CCCN(c4nncs4)C3)C2)c1. The van der Waals surface area contributed by atoms with E-state index in [-0.39, 0.29) is 5.60 Å². The Bertz CT molecular complexity index is 585. The van der Waals surface area contributed by atoms with Gasteiger partial charge in [0.25, 0.3) is 0 Å². The molecule has 2 saturated heterocycles. The van der Waals surface area contributed by atoms with Gasteiger partial charge in [0, 0.05) is 31.1 Å². The largest absolute Gasteiger partial charge is 0.370 e. The molecule has 0 aromatic carbocycles. The van der Waals surface area contributed by atoms with Gasteiger partial charge in [0.1, 0.15) is 5.51 Å². The maximum Gasteiger partial charge on any atom is 0.208 e. The standard InChI is InChI=1S/C15H20N4OS2/c1-3-13(21-8-1)9-18-6-7-20-15(10-18)4-2-5-19(11-15)14-17-16-12-22-14/h1,3,8,12H,2,4-7,9-11H2. The van der Waals surface area contributed by atoms with Gasteiger partial charge in [0.2, 0.25) is 5.13 Å². The lowest BCUT2D eigenvalue weighted by Crippen LogP contribution is -2.59. The Kier molecular flexibility index (Phi) is 4.13. The fourth-order valence-corrected chi connectivity index (χ4v) is 4.83. The zero-order valence-corrected chi connectivity index (χ0v) is 14.1. The molecule has 5 nitrogen and oxygen atoms in total. The van der Waals surface area contributed by atoms with Crippen LogP contribution in [0.15, 0.2) is 23.0 Å². The number of piperidine rings is 1. The summed E-state index contributed by atoms with van der Waals surface area (Å²) in [5, 5.41) is 11.4. The van der Waals surface area contributed by atoms with Crippen molar-refractivity contribution in [3.05, 3.63) is 27.9 Å². The van der Waals surface area contributed by atoms with Crippen LogP contribution >= 0.6 is 22.7 Å². The summed E-state index contributed by atoms with van der Waals surface area (Å²) in [7, 11) is 0. The van der Waals surface area contributed by atoms with Gasteiger partial charge in [-0.25, -0.2) is 0 Å². The van der Waals surface area contributed by atoms with Gasteiger partial charge in [-0.05, 0) is 24.3 Å². The van der Waals surface area contributed by atoms with Gasteiger partial charge in [-0.1, -0.05) is 17.4 Å². The maximum absolute atomic E-state index is 6.26. The van der Waals surface area contributed by atoms with Gasteiger partial charge in [0.05, 0.1) is 18.8 Å². The molecule has 2 aromatic heterocycles. The van der Waals surface area contributed by atoms with Crippen molar-refractivity contribution in [2.45, 2.75) is 25.0 Å². The third kappa shape index (κ3) is 3.03. The molecule has 2 aromatic rings. The van der Waals surface area contributed by atoms with Crippen LogP contribution in [0.25, 0.3) is 0 Å². The fourth-order valence-electron chi connectivity index (χ4n) is 3.49. The van der Waals surface area contributed by atoms with E-state index in [0.717, 1.165) is 57.3 Å². The minimum absolute atomic E-state index is 0.0422. The lowest BCUT2D eigenvalue weighted by Gasteiger charge is -2.48. The van der Waals surface area contributed by atoms with Crippen LogP contribution in [-0.2, 0) is 11.3 Å². The van der Waals surface area contributed by atoms with E-state index in [1.165, 1.54) is 4.88 Å². The highest BCUT2D eigenvalue weighted by Crippen LogP contribution is 2.32. The molecule has 4 rings (SSSR count). The Morgan fingerprint density at radius 2 is 2.27 bits per heavy atom. The molecule has 2 aliphatic heterocycles. The van der Waals surface area contributed by atoms with Gasteiger partial charge >= 0.3 is 0 Å². The van der Waals surface area contributed by atoms with Crippen molar-refractivity contribution in [2.75, 3.05) is 37.7 Å². The van der Waals surface area contributed by atoms with E-state index in [1.54, 1.807) is 16.8 Å². The predicted octanol–water partition coefficient (Wildman–Crippen LogP) is 2.47. The van der Waals surface area contributed by atoms with Crippen LogP contribution in [0, 0.1) is 0 Å². The van der Waals surface area contributed by atoms with Crippen molar-refractivity contribution in [2.24, 2.45) is 0 Å². The zero-order chi connectivity index (χ0) is 14.8. The van der Waals surface area contributed by atoms with Gasteiger partial charge in [-0.15, -0.1) is 21.5 Å². The molecular formula is C15H20N4OS2. The first-order valence-electron chi connectivity index (χ1n) is 7.73. The number of hydrogen-bond donors (Lipinski definition) is 0. The first-order chi connectivity index (χ1) is 10.8. The Morgan fingerprint density at radius 3 is 3.09 bits per heavy atom. The number of aromatic nitrogens is 2. The Labute approximate surface area is 138 Å². The maximum atomic E-state index is 6.26. The van der Waals surface area contributed by atoms with Gasteiger partial charge in [-0.3, -0.25) is 4.90 Å². The number of hydrogen-bond acceptors (Lipinski definition) is 7. The number of anilines is 1. The molecule has 7 heteroatoms. The number of nitrogens with zero attached hydrogens (tertiary/aromatic N) is 4. The van der Waals surface area contributed by atoms with Crippen molar-refractivity contribution in [1.29, 1.82) is 0 Å². The lowest BCUT2D eigenvalue weighted by molar-refractivity contribution is -0.116. The second kappa shape index (κ2) is 6.23. The quantitative estimate of drug-likeness (QED) is 0.861. The van der Waals surface area contributed by atoms with Crippen molar-refractivity contribution in [3.8, 4) is 0 Å². The monoisotopic (exact) mass is 336 g/mol. The van der Waals surface area contributed by atoms with E-state index >= 15 is 0 Å². The third-order valence-electron chi connectivity index (χ3n) is 4.45. The molecule has 0 amide bonds. The minimum atomic E-state index is -0.0422. The van der Waals surface area contributed by atoms with Crippen LogP contribution in [0.3, 0.4) is 0 Å². The van der Waals surface area contributed by atoms with Crippen LogP contribution in [0.2, 0.25) is 0 Å². The molecule has 4 heterocycles. The number of ether oxygens (including phenoxy) is 1. The number of thiophene rings is 1. The van der Waals surface area contributed by atoms with Crippen LogP contribution in [0.1, 0.15) is 17.7 Å². The summed E-state index contributed by atoms with van der Waals surface area (Å²) >= 11 is 3.46. The van der Waals surface area contributed by atoms with Crippen molar-refractivity contribution >= 4 is 27.8 Å². The summed E-state index contributed by atoms with van der Waals surface area (Å²) in [5.41, 5.74) is 1.76. The molecule has 1 atom stereocenters. The molecule has 0 aliphatic carbocycles. The average Bonchev–Trinajstić information content (AvgIpc) is 3.21. The third-order valence-corrected chi connectivity index (χ3v) is 6.06. The highest BCUT2D eigenvalue weighted by atomic mass is 32.1. The molecular weight excluding hydrogens is 316 g/mol. The Hall–Kier alpha value is -1.02. The van der Waals surface area contributed by atoms with E-state index in [2.05, 4.69) is 37.5 Å². The van der Waals surface area contributed by atoms with Crippen LogP contribution in [0.5, 0.6) is 0 Å². The highest BCUT2D eigenvalue weighted by Gasteiger charge is 2.41. The van der Waals surface area contributed by atoms with E-state index < -0.39 is 0 Å². The molecule has 118 valence electrons. The summed E-state index contributed by atoms with van der Waals surface area (Å²) < 4.78 is 6.26. The van der Waals surface area contributed by atoms with Gasteiger partial charge < -0.3 is 9.64 Å². The van der Waals surface area contributed by atoms with Crippen molar-refractivity contribution < 1.29 is 4.74 Å². The Morgan fingerprint density at radius 1 is 1.27 bits per heavy atom. The smallest absolute Gasteiger partial charge is 0.208 e. The molecule has 1 unspecified atom stereocenters. The second-order valence-electron chi connectivity index (χ2n) is 6.07. The average molecular weight is 336 g/mol. The summed E-state index contributed by atoms with van der Waals surface area (Å²) in [6.07, 6.45) is 2.30. The van der Waals surface area contributed by atoms with Gasteiger partial charge in [0.15, 0.2) is 0 Å². The zero-order valence-electron chi connectivity index (χ0n) is 12.5. The van der Waals surface area contributed by atoms with Crippen LogP contribution in [0.4, 0.5) is 5.13 Å². The summed E-state index contributed by atoms with van der Waals surface area (Å²) in [6.45, 7) is 5.91. The fraction of sp³-hybridized carbons (Fsp3) is 0.600. The first-order valence-corrected chi connectivity index (χ1v) is 9.49. The summed E-state index contributed by atoms with van der Waals surface area (Å²) in [5.74, 6) is 0. The van der Waals surface area contributed by atoms with Crippen molar-refractivity contribution in [3.63, 3.8) is 0 Å². The first kappa shape index (κ1) is 14.6. The van der Waals surface area contributed by atoms with E-state index in [1.807, 2.05) is 11.3 Å². The van der Waals surface area contributed by atoms with Gasteiger partial charge in [-0.2, -0.15) is 0 Å². The van der Waals surface area contributed by atoms with E-state index in [9.17, 15) is 0 Å². The topological polar surface area (TPSA) is 41.5 Å². The van der Waals surface area contributed by atoms with Crippen LogP contribution < -0.4 is 4.90 Å². The molecule has 0 N–H and O–H groups in total. The number of morpholine rings is 1. The normalized spacial score (nSPS) is 26.6. The molecule has 0 bridgehead atoms. The second-order valence-corrected chi connectivity index (χ2v) is 7.91. The van der Waals surface area contributed by atoms with Crippen LogP contribution in [-0.4, -0.2) is 53.5 Å². The molecule has 0 saturated carbocycles. The van der Waals surface area contributed by atoms with E-state index in [4.69, 9.17) is 4.74 Å². The molecule has 1 spiro atoms. The summed E-state index contributed by atoms with van der Waals surface area (Å²) in [4.78, 5) is 6.32. The van der Waals surface area contributed by atoms with Crippen molar-refractivity contribution in [1.82, 2.24) is 15.1 Å². The lowest BCUT2D eigenvalue weighted by atomic mass is 9.91. The molecule has 0 radical (unpaired) electrons. The molecule has 22 heavy (non-hydrogen) atoms. The molecule has 2 fully saturated rings. The highest BCUT2D eigenvalue weighted by molar-refractivity contribution is 7.13. The summed E-state index contributed by atoms with van der Waals surface area (Å²) in [6, 6.07) is 4.36. The van der Waals surface area contributed by atoms with E-state index in [0.29, 0.717) is 0 Å². The predicted molar refractivity (Wildman–Crippen MR) is 89.6 cm³/mol. The number of rotatable bonds is 3. The Balaban J connectivity index is 1.45.